The summed E-state index contributed by atoms with van der Waals surface area (Å²) in [4.78, 5) is 28.7. The first-order chi connectivity index (χ1) is 18.3. The number of aliphatic hydroxyl groups excluding tert-OH is 1. The fraction of sp³-hybridized carbons (Fsp3) is 0.633. The Bertz CT molecular complexity index is 1360. The highest BCUT2D eigenvalue weighted by Crippen LogP contribution is 2.33. The second-order valence-corrected chi connectivity index (χ2v) is 12.7. The van der Waals surface area contributed by atoms with Gasteiger partial charge in [-0.2, -0.15) is 4.98 Å². The number of rotatable bonds is 6. The van der Waals surface area contributed by atoms with E-state index in [-0.39, 0.29) is 23.2 Å². The quantitative estimate of drug-likeness (QED) is 0.474. The Labute approximate surface area is 225 Å². The predicted molar refractivity (Wildman–Crippen MR) is 153 cm³/mol. The van der Waals surface area contributed by atoms with Gasteiger partial charge in [0.15, 0.2) is 0 Å². The van der Waals surface area contributed by atoms with Gasteiger partial charge in [0.05, 0.1) is 6.10 Å². The Morgan fingerprint density at radius 1 is 0.974 bits per heavy atom. The van der Waals surface area contributed by atoms with Gasteiger partial charge in [0.25, 0.3) is 5.56 Å². The van der Waals surface area contributed by atoms with Crippen LogP contribution in [0.5, 0.6) is 0 Å². The van der Waals surface area contributed by atoms with E-state index < -0.39 is 0 Å². The van der Waals surface area contributed by atoms with Crippen molar-refractivity contribution in [3.8, 4) is 0 Å². The van der Waals surface area contributed by atoms with Gasteiger partial charge >= 0.3 is 0 Å². The van der Waals surface area contributed by atoms with Crippen molar-refractivity contribution in [2.24, 2.45) is 5.92 Å². The summed E-state index contributed by atoms with van der Waals surface area (Å²) in [6.45, 7) is 12.8. The van der Waals surface area contributed by atoms with Gasteiger partial charge in [-0.3, -0.25) is 19.2 Å². The Hall–Kier alpha value is -2.55. The Morgan fingerprint density at radius 3 is 2.39 bits per heavy atom. The molecule has 2 aliphatic carbocycles. The molecule has 3 fully saturated rings. The minimum absolute atomic E-state index is 0.0279. The van der Waals surface area contributed by atoms with Crippen molar-refractivity contribution < 1.29 is 5.11 Å². The van der Waals surface area contributed by atoms with E-state index >= 15 is 0 Å². The zero-order valence-corrected chi connectivity index (χ0v) is 23.1. The van der Waals surface area contributed by atoms with Gasteiger partial charge < -0.3 is 10.4 Å². The number of piperazine rings is 1. The largest absolute Gasteiger partial charge is 0.393 e. The van der Waals surface area contributed by atoms with Crippen LogP contribution in [0, 0.1) is 5.92 Å². The van der Waals surface area contributed by atoms with Crippen LogP contribution >= 0.6 is 0 Å². The minimum Gasteiger partial charge on any atom is -0.393 e. The molecule has 0 radical (unpaired) electrons. The molecular weight excluding hydrogens is 476 g/mol. The Kier molecular flexibility index (Phi) is 6.91. The number of aliphatic hydroxyl groups is 1. The van der Waals surface area contributed by atoms with Crippen molar-refractivity contribution in [2.45, 2.75) is 83.5 Å². The standard InChI is InChI=1S/C30H42N6O2/c1-30(2,3)35-14-12-34(13-15-35)19-21-6-11-24-25(16-21)28(38)36(22-7-9-23(37)10-8-22)27-26(24)18-32-29(33-27)31-17-20-4-5-20/h6,11,16,18,20,22-23,37H,4-5,7-10,12-15,17,19H2,1-3H3,(H,31,32,33)/t22-,23-. The number of aromatic nitrogens is 3. The molecule has 2 N–H and O–H groups in total. The molecule has 1 saturated heterocycles. The molecule has 2 aromatic heterocycles. The molecule has 3 aromatic rings. The van der Waals surface area contributed by atoms with Crippen molar-refractivity contribution in [3.05, 3.63) is 40.3 Å². The minimum atomic E-state index is -0.274. The van der Waals surface area contributed by atoms with Crippen molar-refractivity contribution >= 4 is 27.8 Å². The summed E-state index contributed by atoms with van der Waals surface area (Å²) >= 11 is 0. The van der Waals surface area contributed by atoms with Gasteiger partial charge in [-0.05, 0) is 82.2 Å². The van der Waals surface area contributed by atoms with E-state index in [0.29, 0.717) is 17.5 Å². The number of pyridine rings is 1. The van der Waals surface area contributed by atoms with E-state index in [1.807, 2.05) is 10.8 Å². The zero-order chi connectivity index (χ0) is 26.4. The lowest BCUT2D eigenvalue weighted by Gasteiger charge is -2.42. The lowest BCUT2D eigenvalue weighted by Crippen LogP contribution is -2.53. The van der Waals surface area contributed by atoms with Gasteiger partial charge in [0.1, 0.15) is 5.65 Å². The van der Waals surface area contributed by atoms with Crippen LogP contribution in [0.2, 0.25) is 0 Å². The molecule has 6 rings (SSSR count). The van der Waals surface area contributed by atoms with Crippen LogP contribution in [0.15, 0.2) is 29.2 Å². The van der Waals surface area contributed by atoms with Crippen LogP contribution in [-0.2, 0) is 6.54 Å². The number of anilines is 1. The third-order valence-electron chi connectivity index (χ3n) is 8.82. The summed E-state index contributed by atoms with van der Waals surface area (Å²) in [6, 6.07) is 6.40. The Balaban J connectivity index is 1.35. The second kappa shape index (κ2) is 10.2. The summed E-state index contributed by atoms with van der Waals surface area (Å²) < 4.78 is 1.92. The average Bonchev–Trinajstić information content (AvgIpc) is 3.73. The summed E-state index contributed by atoms with van der Waals surface area (Å²) in [5.41, 5.74) is 2.11. The molecule has 0 atom stereocenters. The molecule has 3 aliphatic rings. The van der Waals surface area contributed by atoms with Gasteiger partial charge in [0, 0.05) is 67.8 Å². The van der Waals surface area contributed by atoms with Crippen molar-refractivity contribution in [2.75, 3.05) is 38.0 Å². The molecule has 204 valence electrons. The first kappa shape index (κ1) is 25.7. The van der Waals surface area contributed by atoms with Crippen LogP contribution in [-0.4, -0.2) is 73.8 Å². The van der Waals surface area contributed by atoms with Crippen molar-refractivity contribution in [1.82, 2.24) is 24.3 Å². The summed E-state index contributed by atoms with van der Waals surface area (Å²) in [5.74, 6) is 1.31. The molecule has 8 nitrogen and oxygen atoms in total. The maximum Gasteiger partial charge on any atom is 0.260 e. The molecule has 0 spiro atoms. The number of hydrogen-bond donors (Lipinski definition) is 2. The normalized spacial score (nSPS) is 23.8. The van der Waals surface area contributed by atoms with Crippen molar-refractivity contribution in [1.29, 1.82) is 0 Å². The van der Waals surface area contributed by atoms with Gasteiger partial charge in [0.2, 0.25) is 5.95 Å². The third kappa shape index (κ3) is 5.31. The molecule has 8 heteroatoms. The predicted octanol–water partition coefficient (Wildman–Crippen LogP) is 4.16. The van der Waals surface area contributed by atoms with E-state index in [1.54, 1.807) is 0 Å². The van der Waals surface area contributed by atoms with Crippen LogP contribution in [0.3, 0.4) is 0 Å². The number of benzene rings is 1. The molecule has 2 saturated carbocycles. The SMILES string of the molecule is CC(C)(C)N1CCN(Cc2ccc3c(c2)c(=O)n([C@H]2CC[C@H](O)CC2)c2nc(NCC4CC4)ncc32)CC1. The zero-order valence-electron chi connectivity index (χ0n) is 23.1. The van der Waals surface area contributed by atoms with E-state index in [4.69, 9.17) is 4.98 Å². The number of nitrogens with one attached hydrogen (secondary N) is 1. The first-order valence-corrected chi connectivity index (χ1v) is 14.5. The highest BCUT2D eigenvalue weighted by atomic mass is 16.3. The van der Waals surface area contributed by atoms with E-state index in [9.17, 15) is 9.90 Å². The summed E-state index contributed by atoms with van der Waals surface area (Å²) in [7, 11) is 0. The fourth-order valence-corrected chi connectivity index (χ4v) is 6.21. The molecular formula is C30H42N6O2. The van der Waals surface area contributed by atoms with E-state index in [1.165, 1.54) is 18.4 Å². The number of fused-ring (bicyclic) bond motifs is 3. The van der Waals surface area contributed by atoms with Gasteiger partial charge in [-0.15, -0.1) is 0 Å². The molecule has 0 unspecified atom stereocenters. The topological polar surface area (TPSA) is 86.5 Å². The lowest BCUT2D eigenvalue weighted by atomic mass is 9.92. The third-order valence-corrected chi connectivity index (χ3v) is 8.82. The first-order valence-electron chi connectivity index (χ1n) is 14.5. The summed E-state index contributed by atoms with van der Waals surface area (Å²) in [6.07, 6.45) is 7.14. The van der Waals surface area contributed by atoms with Crippen LogP contribution in [0.25, 0.3) is 21.8 Å². The molecule has 0 bridgehead atoms. The van der Waals surface area contributed by atoms with Crippen molar-refractivity contribution in [3.63, 3.8) is 0 Å². The van der Waals surface area contributed by atoms with E-state index in [2.05, 4.69) is 59.1 Å². The number of nitrogens with zero attached hydrogens (tertiary/aromatic N) is 5. The van der Waals surface area contributed by atoms with Gasteiger partial charge in [-0.25, -0.2) is 4.98 Å². The van der Waals surface area contributed by atoms with Crippen LogP contribution < -0.4 is 10.9 Å². The second-order valence-electron chi connectivity index (χ2n) is 12.7. The maximum absolute atomic E-state index is 14.1. The van der Waals surface area contributed by atoms with Gasteiger partial charge in [-0.1, -0.05) is 12.1 Å². The molecule has 3 heterocycles. The summed E-state index contributed by atoms with van der Waals surface area (Å²) in [5, 5.41) is 16.1. The molecule has 0 amide bonds. The molecule has 38 heavy (non-hydrogen) atoms. The fourth-order valence-electron chi connectivity index (χ4n) is 6.21. The van der Waals surface area contributed by atoms with Crippen LogP contribution in [0.4, 0.5) is 5.95 Å². The van der Waals surface area contributed by atoms with Crippen LogP contribution in [0.1, 0.15) is 70.9 Å². The Morgan fingerprint density at radius 2 is 1.71 bits per heavy atom. The smallest absolute Gasteiger partial charge is 0.260 e. The molecule has 1 aliphatic heterocycles. The highest BCUT2D eigenvalue weighted by Gasteiger charge is 2.28. The lowest BCUT2D eigenvalue weighted by molar-refractivity contribution is 0.0591. The molecule has 1 aromatic carbocycles. The van der Waals surface area contributed by atoms with E-state index in [0.717, 1.165) is 81.1 Å². The maximum atomic E-state index is 14.1. The highest BCUT2D eigenvalue weighted by molar-refractivity contribution is 6.04. The average molecular weight is 519 g/mol. The monoisotopic (exact) mass is 518 g/mol. The number of hydrogen-bond acceptors (Lipinski definition) is 7.